The zero-order valence-corrected chi connectivity index (χ0v) is 13.9. The van der Waals surface area contributed by atoms with Gasteiger partial charge < -0.3 is 9.84 Å². The first-order chi connectivity index (χ1) is 10.8. The van der Waals surface area contributed by atoms with E-state index in [-0.39, 0.29) is 10.8 Å². The van der Waals surface area contributed by atoms with E-state index in [9.17, 15) is 18.3 Å². The topological polar surface area (TPSA) is 92.7 Å². The van der Waals surface area contributed by atoms with Gasteiger partial charge in [0.2, 0.25) is 10.0 Å². The number of nitrogens with one attached hydrogen (secondary N) is 1. The zero-order valence-electron chi connectivity index (χ0n) is 13.1. The minimum absolute atomic E-state index is 0.0285. The molecule has 6 nitrogen and oxygen atoms in total. The molecule has 0 aromatic heterocycles. The van der Waals surface area contributed by atoms with Crippen molar-refractivity contribution in [2.45, 2.75) is 24.8 Å². The molecule has 0 radical (unpaired) electrons. The summed E-state index contributed by atoms with van der Waals surface area (Å²) < 4.78 is 32.8. The normalized spacial score (nSPS) is 13.2. The lowest BCUT2D eigenvalue weighted by molar-refractivity contribution is -0.140. The Morgan fingerprint density at radius 1 is 1.13 bits per heavy atom. The molecular formula is C16H19NO5S. The molecule has 7 heteroatoms. The number of carbonyl (C=O) groups is 1. The van der Waals surface area contributed by atoms with E-state index in [0.29, 0.717) is 16.5 Å². The van der Waals surface area contributed by atoms with E-state index in [0.717, 1.165) is 0 Å². The standard InChI is InChI=1S/C16H19NO5S/c1-10(2)15(16(18)19)17-23(20,21)14-9-8-13(22-3)11-6-4-5-7-12(11)14/h4-10,15,17H,1-3H3,(H,18,19)/t15-/m0/s1. The van der Waals surface area contributed by atoms with Crippen molar-refractivity contribution in [3.05, 3.63) is 36.4 Å². The first kappa shape index (κ1) is 17.2. The molecule has 0 amide bonds. The third-order valence-electron chi connectivity index (χ3n) is 3.57. The van der Waals surface area contributed by atoms with Crippen LogP contribution < -0.4 is 9.46 Å². The minimum atomic E-state index is -3.99. The van der Waals surface area contributed by atoms with Gasteiger partial charge in [0.15, 0.2) is 0 Å². The van der Waals surface area contributed by atoms with Crippen molar-refractivity contribution in [2.75, 3.05) is 7.11 Å². The fraction of sp³-hybridized carbons (Fsp3) is 0.312. The van der Waals surface area contributed by atoms with Gasteiger partial charge in [-0.25, -0.2) is 8.42 Å². The summed E-state index contributed by atoms with van der Waals surface area (Å²) in [5.41, 5.74) is 0. The molecule has 0 aliphatic heterocycles. The number of sulfonamides is 1. The van der Waals surface area contributed by atoms with Crippen LogP contribution in [0.25, 0.3) is 10.8 Å². The van der Waals surface area contributed by atoms with Gasteiger partial charge >= 0.3 is 5.97 Å². The number of benzene rings is 2. The van der Waals surface area contributed by atoms with Gasteiger partial charge in [-0.2, -0.15) is 4.72 Å². The SMILES string of the molecule is COc1ccc(S(=O)(=O)N[C@H](C(=O)O)C(C)C)c2ccccc12. The van der Waals surface area contributed by atoms with Crippen LogP contribution in [0.5, 0.6) is 5.75 Å². The van der Waals surface area contributed by atoms with Crippen molar-refractivity contribution in [1.29, 1.82) is 0 Å². The van der Waals surface area contributed by atoms with E-state index in [4.69, 9.17) is 4.74 Å². The largest absolute Gasteiger partial charge is 0.496 e. The monoisotopic (exact) mass is 337 g/mol. The molecule has 0 bridgehead atoms. The van der Waals surface area contributed by atoms with Gasteiger partial charge in [0.1, 0.15) is 11.8 Å². The number of hydrogen-bond acceptors (Lipinski definition) is 4. The van der Waals surface area contributed by atoms with Crippen molar-refractivity contribution in [3.63, 3.8) is 0 Å². The number of carboxylic acids is 1. The van der Waals surface area contributed by atoms with E-state index < -0.39 is 22.0 Å². The van der Waals surface area contributed by atoms with E-state index in [1.807, 2.05) is 0 Å². The molecular weight excluding hydrogens is 318 g/mol. The molecule has 23 heavy (non-hydrogen) atoms. The second-order valence-electron chi connectivity index (χ2n) is 5.49. The molecule has 0 aliphatic rings. The lowest BCUT2D eigenvalue weighted by Crippen LogP contribution is -2.44. The Bertz CT molecular complexity index is 829. The van der Waals surface area contributed by atoms with Crippen molar-refractivity contribution >= 4 is 26.8 Å². The molecule has 0 saturated carbocycles. The summed E-state index contributed by atoms with van der Waals surface area (Å²) in [6.07, 6.45) is 0. The number of ether oxygens (including phenoxy) is 1. The molecule has 0 fully saturated rings. The molecule has 2 N–H and O–H groups in total. The van der Waals surface area contributed by atoms with Crippen molar-refractivity contribution in [3.8, 4) is 5.75 Å². The zero-order chi connectivity index (χ0) is 17.2. The Hall–Kier alpha value is -2.12. The predicted octanol–water partition coefficient (Wildman–Crippen LogP) is 2.24. The molecule has 0 spiro atoms. The highest BCUT2D eigenvalue weighted by Crippen LogP contribution is 2.31. The van der Waals surface area contributed by atoms with E-state index >= 15 is 0 Å². The van der Waals surface area contributed by atoms with Crippen molar-refractivity contribution in [1.82, 2.24) is 4.72 Å². The summed E-state index contributed by atoms with van der Waals surface area (Å²) in [7, 11) is -2.48. The maximum Gasteiger partial charge on any atom is 0.322 e. The van der Waals surface area contributed by atoms with Crippen molar-refractivity contribution in [2.24, 2.45) is 5.92 Å². The highest BCUT2D eigenvalue weighted by molar-refractivity contribution is 7.89. The predicted molar refractivity (Wildman–Crippen MR) is 87.1 cm³/mol. The van der Waals surface area contributed by atoms with Gasteiger partial charge in [0.25, 0.3) is 0 Å². The molecule has 2 aromatic rings. The Kier molecular flexibility index (Phi) is 4.91. The summed E-state index contributed by atoms with van der Waals surface area (Å²) in [6, 6.07) is 8.70. The number of methoxy groups -OCH3 is 1. The van der Waals surface area contributed by atoms with Crippen LogP contribution in [0.4, 0.5) is 0 Å². The summed E-state index contributed by atoms with van der Waals surface area (Å²) in [5, 5.41) is 10.3. The summed E-state index contributed by atoms with van der Waals surface area (Å²) in [5.74, 6) is -1.04. The Balaban J connectivity index is 2.57. The van der Waals surface area contributed by atoms with Crippen LogP contribution in [0.2, 0.25) is 0 Å². The number of fused-ring (bicyclic) bond motifs is 1. The van der Waals surface area contributed by atoms with E-state index in [2.05, 4.69) is 4.72 Å². The molecule has 0 unspecified atom stereocenters. The second-order valence-corrected chi connectivity index (χ2v) is 7.18. The van der Waals surface area contributed by atoms with Crippen LogP contribution in [0.1, 0.15) is 13.8 Å². The molecule has 0 heterocycles. The van der Waals surface area contributed by atoms with E-state index in [1.165, 1.54) is 13.2 Å². The maximum absolute atomic E-state index is 12.6. The number of carboxylic acid groups (broad SMARTS) is 1. The van der Waals surface area contributed by atoms with Gasteiger partial charge in [0.05, 0.1) is 12.0 Å². The van der Waals surface area contributed by atoms with Crippen LogP contribution >= 0.6 is 0 Å². The Morgan fingerprint density at radius 2 is 1.74 bits per heavy atom. The van der Waals surface area contributed by atoms with Crippen LogP contribution in [0.15, 0.2) is 41.3 Å². The van der Waals surface area contributed by atoms with Gasteiger partial charge in [-0.1, -0.05) is 38.1 Å². The van der Waals surface area contributed by atoms with Crippen LogP contribution in [-0.4, -0.2) is 32.6 Å². The molecule has 2 rings (SSSR count). The summed E-state index contributed by atoms with van der Waals surface area (Å²) >= 11 is 0. The number of rotatable bonds is 6. The molecule has 1 atom stereocenters. The fourth-order valence-corrected chi connectivity index (χ4v) is 3.91. The molecule has 2 aromatic carbocycles. The van der Waals surface area contributed by atoms with E-state index in [1.54, 1.807) is 44.2 Å². The highest BCUT2D eigenvalue weighted by Gasteiger charge is 2.29. The quantitative estimate of drug-likeness (QED) is 0.843. The Labute approximate surface area is 135 Å². The third kappa shape index (κ3) is 3.46. The second kappa shape index (κ2) is 6.55. The van der Waals surface area contributed by atoms with Gasteiger partial charge in [-0.3, -0.25) is 4.79 Å². The first-order valence-electron chi connectivity index (χ1n) is 7.09. The fourth-order valence-electron chi connectivity index (χ4n) is 2.36. The minimum Gasteiger partial charge on any atom is -0.496 e. The van der Waals surface area contributed by atoms with Gasteiger partial charge in [-0.15, -0.1) is 0 Å². The smallest absolute Gasteiger partial charge is 0.322 e. The van der Waals surface area contributed by atoms with Crippen molar-refractivity contribution < 1.29 is 23.1 Å². The van der Waals surface area contributed by atoms with Gasteiger partial charge in [0, 0.05) is 10.8 Å². The number of aliphatic carboxylic acids is 1. The molecule has 0 saturated heterocycles. The maximum atomic E-state index is 12.6. The summed E-state index contributed by atoms with van der Waals surface area (Å²) in [6.45, 7) is 3.29. The molecule has 124 valence electrons. The highest BCUT2D eigenvalue weighted by atomic mass is 32.2. The van der Waals surface area contributed by atoms with Crippen LogP contribution in [0, 0.1) is 5.92 Å². The number of hydrogen-bond donors (Lipinski definition) is 2. The Morgan fingerprint density at radius 3 is 2.26 bits per heavy atom. The van der Waals surface area contributed by atoms with Crippen LogP contribution in [-0.2, 0) is 14.8 Å². The molecule has 0 aliphatic carbocycles. The summed E-state index contributed by atoms with van der Waals surface area (Å²) in [4.78, 5) is 11.3. The van der Waals surface area contributed by atoms with Gasteiger partial charge in [-0.05, 0) is 18.1 Å². The lowest BCUT2D eigenvalue weighted by atomic mass is 10.1. The third-order valence-corrected chi connectivity index (χ3v) is 5.07. The average Bonchev–Trinajstić information content (AvgIpc) is 2.51. The first-order valence-corrected chi connectivity index (χ1v) is 8.57. The van der Waals surface area contributed by atoms with Crippen LogP contribution in [0.3, 0.4) is 0 Å². The average molecular weight is 337 g/mol. The lowest BCUT2D eigenvalue weighted by Gasteiger charge is -2.19.